The monoisotopic (exact) mass is 268 g/mol. The van der Waals surface area contributed by atoms with Crippen molar-refractivity contribution in [2.75, 3.05) is 0 Å². The largest absolute Gasteiger partial charge is 0.236 e. The molecule has 0 N–H and O–H groups in total. The smallest absolute Gasteiger partial charge is 0.161 e. The van der Waals surface area contributed by atoms with Crippen molar-refractivity contribution in [3.05, 3.63) is 47.3 Å². The van der Waals surface area contributed by atoms with Gasteiger partial charge in [0.25, 0.3) is 0 Å². The lowest BCUT2D eigenvalue weighted by Crippen LogP contribution is -1.85. The molecule has 0 amide bonds. The third kappa shape index (κ3) is 1.46. The van der Waals surface area contributed by atoms with Crippen molar-refractivity contribution in [2.24, 2.45) is 0 Å². The van der Waals surface area contributed by atoms with Crippen LogP contribution in [0.2, 0.25) is 0 Å². The van der Waals surface area contributed by atoms with Gasteiger partial charge in [-0.2, -0.15) is 11.3 Å². The van der Waals surface area contributed by atoms with E-state index in [0.717, 1.165) is 21.6 Å². The summed E-state index contributed by atoms with van der Waals surface area (Å²) in [5, 5.41) is 6.52. The highest BCUT2D eigenvalue weighted by Gasteiger charge is 2.08. The fourth-order valence-electron chi connectivity index (χ4n) is 2.04. The molecule has 86 valence electrons. The van der Waals surface area contributed by atoms with Crippen LogP contribution in [-0.4, -0.2) is 9.97 Å². The highest BCUT2D eigenvalue weighted by Crippen LogP contribution is 2.33. The quantitative estimate of drug-likeness (QED) is 0.505. The minimum absolute atomic E-state index is 0.815. The number of fused-ring (bicyclic) bond motifs is 3. The van der Waals surface area contributed by atoms with Crippen LogP contribution in [0.1, 0.15) is 0 Å². The molecule has 4 rings (SSSR count). The lowest BCUT2D eigenvalue weighted by atomic mass is 10.2. The van der Waals surface area contributed by atoms with Crippen LogP contribution in [0, 0.1) is 0 Å². The molecule has 4 heteroatoms. The van der Waals surface area contributed by atoms with Crippen LogP contribution in [0.15, 0.2) is 47.3 Å². The average molecular weight is 268 g/mol. The van der Waals surface area contributed by atoms with E-state index < -0.39 is 0 Å². The van der Waals surface area contributed by atoms with Crippen LogP contribution in [0.3, 0.4) is 0 Å². The Morgan fingerprint density at radius 2 is 1.94 bits per heavy atom. The first-order valence-electron chi connectivity index (χ1n) is 5.59. The molecule has 3 heterocycles. The maximum Gasteiger partial charge on any atom is 0.161 e. The zero-order valence-corrected chi connectivity index (χ0v) is 11.0. The summed E-state index contributed by atoms with van der Waals surface area (Å²) < 4.78 is 1.27. The van der Waals surface area contributed by atoms with Crippen molar-refractivity contribution < 1.29 is 0 Å². The second kappa shape index (κ2) is 3.86. The van der Waals surface area contributed by atoms with E-state index in [1.165, 1.54) is 10.1 Å². The molecule has 0 spiro atoms. The summed E-state index contributed by atoms with van der Waals surface area (Å²) in [4.78, 5) is 10.2. The van der Waals surface area contributed by atoms with Gasteiger partial charge < -0.3 is 0 Å². The van der Waals surface area contributed by atoms with Crippen molar-refractivity contribution in [3.63, 3.8) is 0 Å². The molecule has 2 nitrogen and oxygen atoms in total. The Morgan fingerprint density at radius 1 is 1.00 bits per heavy atom. The van der Waals surface area contributed by atoms with E-state index in [9.17, 15) is 0 Å². The van der Waals surface area contributed by atoms with E-state index in [4.69, 9.17) is 0 Å². The summed E-state index contributed by atoms with van der Waals surface area (Å²) in [6, 6.07) is 10.4. The van der Waals surface area contributed by atoms with E-state index >= 15 is 0 Å². The van der Waals surface area contributed by atoms with Crippen molar-refractivity contribution in [1.82, 2.24) is 9.97 Å². The first-order chi connectivity index (χ1) is 8.92. The molecule has 0 atom stereocenters. The van der Waals surface area contributed by atoms with Gasteiger partial charge in [0.15, 0.2) is 5.82 Å². The summed E-state index contributed by atoms with van der Waals surface area (Å²) in [6.45, 7) is 0. The number of aromatic nitrogens is 2. The molecule has 0 bridgehead atoms. The van der Waals surface area contributed by atoms with E-state index in [1.807, 2.05) is 11.6 Å². The number of rotatable bonds is 1. The molecular weight excluding hydrogens is 260 g/mol. The fraction of sp³-hybridized carbons (Fsp3) is 0. The van der Waals surface area contributed by atoms with Gasteiger partial charge in [0.1, 0.15) is 4.83 Å². The summed E-state index contributed by atoms with van der Waals surface area (Å²) in [5.41, 5.74) is 1.10. The third-order valence-corrected chi connectivity index (χ3v) is 4.68. The van der Waals surface area contributed by atoms with Gasteiger partial charge in [0, 0.05) is 32.6 Å². The Balaban J connectivity index is 2.04. The molecule has 0 aliphatic carbocycles. The van der Waals surface area contributed by atoms with Gasteiger partial charge in [-0.1, -0.05) is 18.2 Å². The SMILES string of the molecule is c1ccc2c(c1)sc1nc(-c3ccsc3)ncc12. The molecular formula is C14H8N2S2. The summed E-state index contributed by atoms with van der Waals surface area (Å²) >= 11 is 3.39. The van der Waals surface area contributed by atoms with Crippen LogP contribution in [0.25, 0.3) is 31.7 Å². The topological polar surface area (TPSA) is 25.8 Å². The first-order valence-corrected chi connectivity index (χ1v) is 7.34. The number of thiophene rings is 2. The van der Waals surface area contributed by atoms with Crippen LogP contribution in [-0.2, 0) is 0 Å². The van der Waals surface area contributed by atoms with Gasteiger partial charge >= 0.3 is 0 Å². The normalized spacial score (nSPS) is 11.3. The maximum atomic E-state index is 4.67. The van der Waals surface area contributed by atoms with Crippen molar-refractivity contribution >= 4 is 43.0 Å². The molecule has 0 radical (unpaired) electrons. The number of benzene rings is 1. The first kappa shape index (κ1) is 10.2. The van der Waals surface area contributed by atoms with Crippen LogP contribution >= 0.6 is 22.7 Å². The Hall–Kier alpha value is -1.78. The zero-order chi connectivity index (χ0) is 11.9. The predicted molar refractivity (Wildman–Crippen MR) is 78.2 cm³/mol. The predicted octanol–water partition coefficient (Wildman–Crippen LogP) is 4.57. The molecule has 0 unspecified atom stereocenters. The number of hydrogen-bond donors (Lipinski definition) is 0. The van der Waals surface area contributed by atoms with Gasteiger partial charge in [0.2, 0.25) is 0 Å². The Kier molecular flexibility index (Phi) is 2.18. The van der Waals surface area contributed by atoms with Gasteiger partial charge in [0.05, 0.1) is 0 Å². The van der Waals surface area contributed by atoms with Gasteiger partial charge in [-0.25, -0.2) is 9.97 Å². The van der Waals surface area contributed by atoms with Gasteiger partial charge in [-0.3, -0.25) is 0 Å². The van der Waals surface area contributed by atoms with Gasteiger partial charge in [-0.15, -0.1) is 11.3 Å². The molecule has 4 aromatic rings. The molecule has 0 fully saturated rings. The summed E-state index contributed by atoms with van der Waals surface area (Å²) in [5.74, 6) is 0.815. The molecule has 1 aromatic carbocycles. The van der Waals surface area contributed by atoms with Crippen molar-refractivity contribution in [2.45, 2.75) is 0 Å². The molecule has 3 aromatic heterocycles. The van der Waals surface area contributed by atoms with Crippen LogP contribution in [0.5, 0.6) is 0 Å². The van der Waals surface area contributed by atoms with E-state index in [0.29, 0.717) is 0 Å². The molecule has 0 aliphatic rings. The molecule has 0 aliphatic heterocycles. The second-order valence-electron chi connectivity index (χ2n) is 4.02. The minimum atomic E-state index is 0.815. The van der Waals surface area contributed by atoms with Crippen molar-refractivity contribution in [3.8, 4) is 11.4 Å². The Morgan fingerprint density at radius 3 is 2.83 bits per heavy atom. The van der Waals surface area contributed by atoms with Crippen molar-refractivity contribution in [1.29, 1.82) is 0 Å². The van der Waals surface area contributed by atoms with Crippen LogP contribution < -0.4 is 0 Å². The third-order valence-electron chi connectivity index (χ3n) is 2.92. The summed E-state index contributed by atoms with van der Waals surface area (Å²) in [6.07, 6.45) is 1.94. The second-order valence-corrected chi connectivity index (χ2v) is 5.83. The fourth-order valence-corrected chi connectivity index (χ4v) is 3.72. The molecule has 0 saturated heterocycles. The van der Waals surface area contributed by atoms with Gasteiger partial charge in [-0.05, 0) is 17.5 Å². The maximum absolute atomic E-state index is 4.67. The van der Waals surface area contributed by atoms with E-state index in [-0.39, 0.29) is 0 Å². The Bertz CT molecular complexity index is 831. The lowest BCUT2D eigenvalue weighted by molar-refractivity contribution is 1.25. The highest BCUT2D eigenvalue weighted by atomic mass is 32.1. The lowest BCUT2D eigenvalue weighted by Gasteiger charge is -1.95. The minimum Gasteiger partial charge on any atom is -0.236 e. The number of nitrogens with zero attached hydrogens (tertiary/aromatic N) is 2. The Labute approximate surface area is 112 Å². The molecule has 0 saturated carbocycles. The average Bonchev–Trinajstić information content (AvgIpc) is 3.05. The molecule has 18 heavy (non-hydrogen) atoms. The van der Waals surface area contributed by atoms with E-state index in [2.05, 4.69) is 45.7 Å². The standard InChI is InChI=1S/C14H8N2S2/c1-2-4-12-10(3-1)11-7-15-13(16-14(11)18-12)9-5-6-17-8-9/h1-8H. The number of hydrogen-bond acceptors (Lipinski definition) is 4. The highest BCUT2D eigenvalue weighted by molar-refractivity contribution is 7.25. The van der Waals surface area contributed by atoms with Crippen LogP contribution in [0.4, 0.5) is 0 Å². The zero-order valence-electron chi connectivity index (χ0n) is 9.33. The summed E-state index contributed by atoms with van der Waals surface area (Å²) in [7, 11) is 0. The van der Waals surface area contributed by atoms with E-state index in [1.54, 1.807) is 22.7 Å².